The SMILES string of the molecule is CC1(C)c2ccccc2-c2cc3c(cc21)-c1ccc(-c2ccc(-c4c5ccccc5c(-c5ccccc5)c5ccc6ccccc6c45)cc2-c2ccccc2)cc1C3(C)C. The van der Waals surface area contributed by atoms with Crippen LogP contribution in [-0.4, -0.2) is 0 Å². The van der Waals surface area contributed by atoms with Crippen molar-refractivity contribution in [3.63, 3.8) is 0 Å². The van der Waals surface area contributed by atoms with E-state index >= 15 is 0 Å². The highest BCUT2D eigenvalue weighted by Crippen LogP contribution is 2.57. The summed E-state index contributed by atoms with van der Waals surface area (Å²) >= 11 is 0. The summed E-state index contributed by atoms with van der Waals surface area (Å²) in [6.45, 7) is 9.60. The monoisotopic (exact) mass is 764 g/mol. The van der Waals surface area contributed by atoms with Crippen molar-refractivity contribution in [2.75, 3.05) is 0 Å². The average molecular weight is 765 g/mol. The Bertz CT molecular complexity index is 3400. The topological polar surface area (TPSA) is 0 Å². The van der Waals surface area contributed by atoms with Crippen molar-refractivity contribution in [2.24, 2.45) is 0 Å². The molecule has 0 radical (unpaired) electrons. The van der Waals surface area contributed by atoms with Crippen LogP contribution in [0.25, 0.3) is 99.1 Å². The van der Waals surface area contributed by atoms with Crippen LogP contribution in [-0.2, 0) is 10.8 Å². The smallest absolute Gasteiger partial charge is 0.0159 e. The van der Waals surface area contributed by atoms with E-state index in [1.54, 1.807) is 0 Å². The predicted octanol–water partition coefficient (Wildman–Crippen LogP) is 16.4. The van der Waals surface area contributed by atoms with Gasteiger partial charge in [-0.05, 0) is 146 Å². The Labute approximate surface area is 352 Å². The molecule has 0 aromatic heterocycles. The van der Waals surface area contributed by atoms with Crippen LogP contribution in [0, 0.1) is 0 Å². The van der Waals surface area contributed by atoms with E-state index in [1.807, 2.05) is 0 Å². The molecule has 0 heterocycles. The minimum Gasteiger partial charge on any atom is -0.0622 e. The van der Waals surface area contributed by atoms with Crippen LogP contribution in [0.1, 0.15) is 49.9 Å². The Balaban J connectivity index is 1.08. The van der Waals surface area contributed by atoms with Crippen LogP contribution in [0.5, 0.6) is 0 Å². The first-order valence-corrected chi connectivity index (χ1v) is 21.3. The highest BCUT2D eigenvalue weighted by molar-refractivity contribution is 6.28. The fourth-order valence-corrected chi connectivity index (χ4v) is 11.1. The normalized spacial score (nSPS) is 14.3. The zero-order valence-electron chi connectivity index (χ0n) is 34.5. The van der Waals surface area contributed by atoms with E-state index in [4.69, 9.17) is 0 Å². The molecule has 0 nitrogen and oxygen atoms in total. The summed E-state index contributed by atoms with van der Waals surface area (Å²) in [7, 11) is 0. The molecule has 0 aliphatic heterocycles. The zero-order chi connectivity index (χ0) is 40.3. The quantitative estimate of drug-likeness (QED) is 0.124. The maximum atomic E-state index is 2.52. The van der Waals surface area contributed by atoms with Crippen LogP contribution >= 0.6 is 0 Å². The average Bonchev–Trinajstić information content (AvgIpc) is 3.66. The van der Waals surface area contributed by atoms with Gasteiger partial charge in [-0.1, -0.05) is 198 Å². The van der Waals surface area contributed by atoms with Gasteiger partial charge in [0.1, 0.15) is 0 Å². The van der Waals surface area contributed by atoms with Crippen molar-refractivity contribution in [1.29, 1.82) is 0 Å². The fourth-order valence-electron chi connectivity index (χ4n) is 11.1. The molecular formula is C60H44. The van der Waals surface area contributed by atoms with Gasteiger partial charge in [-0.15, -0.1) is 0 Å². The third-order valence-corrected chi connectivity index (χ3v) is 14.1. The molecule has 10 aromatic rings. The summed E-state index contributed by atoms with van der Waals surface area (Å²) in [6, 6.07) is 73.0. The maximum Gasteiger partial charge on any atom is 0.0159 e. The van der Waals surface area contributed by atoms with Crippen molar-refractivity contribution in [3.8, 4) is 66.8 Å². The summed E-state index contributed by atoms with van der Waals surface area (Å²) in [4.78, 5) is 0. The molecule has 0 bridgehead atoms. The molecule has 12 rings (SSSR count). The number of hydrogen-bond acceptors (Lipinski definition) is 0. The molecule has 0 amide bonds. The second-order valence-electron chi connectivity index (χ2n) is 18.0. The predicted molar refractivity (Wildman–Crippen MR) is 256 cm³/mol. The Morgan fingerprint density at radius 3 is 1.53 bits per heavy atom. The minimum atomic E-state index is -0.149. The van der Waals surface area contributed by atoms with Crippen molar-refractivity contribution < 1.29 is 0 Å². The molecule has 2 aliphatic rings. The maximum absolute atomic E-state index is 2.52. The first kappa shape index (κ1) is 35.0. The lowest BCUT2D eigenvalue weighted by molar-refractivity contribution is 0.652. The van der Waals surface area contributed by atoms with Crippen molar-refractivity contribution in [3.05, 3.63) is 216 Å². The van der Waals surface area contributed by atoms with Gasteiger partial charge in [0.2, 0.25) is 0 Å². The minimum absolute atomic E-state index is 0.0368. The first-order valence-electron chi connectivity index (χ1n) is 21.3. The van der Waals surface area contributed by atoms with Crippen LogP contribution in [0.15, 0.2) is 194 Å². The lowest BCUT2D eigenvalue weighted by Crippen LogP contribution is -2.17. The van der Waals surface area contributed by atoms with E-state index in [2.05, 4.69) is 222 Å². The molecule has 0 N–H and O–H groups in total. The van der Waals surface area contributed by atoms with Gasteiger partial charge < -0.3 is 0 Å². The van der Waals surface area contributed by atoms with Gasteiger partial charge >= 0.3 is 0 Å². The molecule has 0 saturated heterocycles. The van der Waals surface area contributed by atoms with E-state index in [0.29, 0.717) is 0 Å². The lowest BCUT2D eigenvalue weighted by atomic mass is 9.79. The van der Waals surface area contributed by atoms with Crippen molar-refractivity contribution >= 4 is 32.3 Å². The summed E-state index contributed by atoms with van der Waals surface area (Å²) < 4.78 is 0. The largest absolute Gasteiger partial charge is 0.0622 e. The van der Waals surface area contributed by atoms with Crippen LogP contribution < -0.4 is 0 Å². The third-order valence-electron chi connectivity index (χ3n) is 14.1. The third kappa shape index (κ3) is 4.91. The Morgan fingerprint density at radius 2 is 0.800 bits per heavy atom. The van der Waals surface area contributed by atoms with Gasteiger partial charge in [-0.3, -0.25) is 0 Å². The molecule has 60 heavy (non-hydrogen) atoms. The Kier molecular flexibility index (Phi) is 7.42. The molecular weight excluding hydrogens is 721 g/mol. The molecule has 0 fully saturated rings. The van der Waals surface area contributed by atoms with Gasteiger partial charge in [-0.25, -0.2) is 0 Å². The van der Waals surface area contributed by atoms with Gasteiger partial charge in [-0.2, -0.15) is 0 Å². The molecule has 284 valence electrons. The summed E-state index contributed by atoms with van der Waals surface area (Å²) in [5.74, 6) is 0. The Hall–Kier alpha value is -7.02. The second kappa shape index (κ2) is 12.7. The summed E-state index contributed by atoms with van der Waals surface area (Å²) in [6.07, 6.45) is 0. The molecule has 0 atom stereocenters. The van der Waals surface area contributed by atoms with Crippen LogP contribution in [0.4, 0.5) is 0 Å². The van der Waals surface area contributed by atoms with Gasteiger partial charge in [0, 0.05) is 10.8 Å². The summed E-state index contributed by atoms with van der Waals surface area (Å²) in [5, 5.41) is 7.63. The number of benzene rings is 10. The van der Waals surface area contributed by atoms with Crippen LogP contribution in [0.3, 0.4) is 0 Å². The first-order chi connectivity index (χ1) is 29.3. The number of fused-ring (bicyclic) bond motifs is 10. The molecule has 0 spiro atoms. The second-order valence-corrected chi connectivity index (χ2v) is 18.0. The Morgan fingerprint density at radius 1 is 0.267 bits per heavy atom. The van der Waals surface area contributed by atoms with E-state index in [-0.39, 0.29) is 10.8 Å². The standard InChI is InChI=1S/C60H44/c1-59(2)52-26-16-15-23-44(52)50-35-55-51(36-54(50)59)45-31-28-40(34-53(45)60(55,3)4)42-30-29-41(33-49(42)37-17-7-5-8-18-37)57-47-25-14-13-24-46(47)56(39-20-9-6-10-21-39)48-32-27-38-19-11-12-22-43(38)58(48)57/h5-36H,1-4H3. The van der Waals surface area contributed by atoms with E-state index in [0.717, 1.165) is 0 Å². The van der Waals surface area contributed by atoms with E-state index < -0.39 is 0 Å². The molecule has 10 aromatic carbocycles. The lowest BCUT2D eigenvalue weighted by Gasteiger charge is -2.24. The van der Waals surface area contributed by atoms with E-state index in [1.165, 1.54) is 121 Å². The van der Waals surface area contributed by atoms with E-state index in [9.17, 15) is 0 Å². The van der Waals surface area contributed by atoms with Gasteiger partial charge in [0.05, 0.1) is 0 Å². The van der Waals surface area contributed by atoms with Crippen molar-refractivity contribution in [2.45, 2.75) is 38.5 Å². The molecule has 0 heteroatoms. The highest BCUT2D eigenvalue weighted by Gasteiger charge is 2.41. The fraction of sp³-hybridized carbons (Fsp3) is 0.100. The van der Waals surface area contributed by atoms with Gasteiger partial charge in [0.15, 0.2) is 0 Å². The molecule has 0 saturated carbocycles. The van der Waals surface area contributed by atoms with Gasteiger partial charge in [0.25, 0.3) is 0 Å². The summed E-state index contributed by atoms with van der Waals surface area (Å²) in [5.41, 5.74) is 21.0. The molecule has 2 aliphatic carbocycles. The van der Waals surface area contributed by atoms with Crippen LogP contribution in [0.2, 0.25) is 0 Å². The number of rotatable bonds is 4. The van der Waals surface area contributed by atoms with Crippen molar-refractivity contribution in [1.82, 2.24) is 0 Å². The number of hydrogen-bond donors (Lipinski definition) is 0. The highest BCUT2D eigenvalue weighted by atomic mass is 14.4. The molecule has 0 unspecified atom stereocenters. The zero-order valence-corrected chi connectivity index (χ0v) is 34.5.